The first-order valence-corrected chi connectivity index (χ1v) is 10.1. The molecule has 0 aliphatic carbocycles. The van der Waals surface area contributed by atoms with Gasteiger partial charge in [-0.25, -0.2) is 0 Å². The number of anilines is 1. The van der Waals surface area contributed by atoms with Gasteiger partial charge in [-0.15, -0.1) is 0 Å². The van der Waals surface area contributed by atoms with Crippen LogP contribution < -0.4 is 15.4 Å². The summed E-state index contributed by atoms with van der Waals surface area (Å²) in [5.74, 6) is 0.204. The molecule has 1 amide bonds. The molecule has 164 valence electrons. The van der Waals surface area contributed by atoms with Crippen LogP contribution in [0.3, 0.4) is 0 Å². The standard InChI is InChI=1S/C23H32N2O5/c1-5-29-12-13-30-18-9-6-16(7-10-18)22(28)25-19-14-17(8-11-20(19)26)21(27)15-24-23(2,3)4/h6-11,14,21,24,26-27H,5,12-13,15H2,1-4H3,(H,25,28). The predicted octanol–water partition coefficient (Wildman–Crippen LogP) is 3.48. The molecule has 4 N–H and O–H groups in total. The van der Waals surface area contributed by atoms with Crippen LogP contribution in [-0.2, 0) is 4.74 Å². The van der Waals surface area contributed by atoms with Gasteiger partial charge in [-0.1, -0.05) is 6.07 Å². The number of aliphatic hydroxyl groups excluding tert-OH is 1. The van der Waals surface area contributed by atoms with Gasteiger partial charge in [-0.2, -0.15) is 0 Å². The predicted molar refractivity (Wildman–Crippen MR) is 117 cm³/mol. The number of carbonyl (C=O) groups excluding carboxylic acids is 1. The number of benzene rings is 2. The number of β-amino-alcohol motifs (C(OH)–C–C–N with tert-alkyl or cyclic N) is 1. The molecule has 0 aliphatic heterocycles. The number of phenolic OH excluding ortho intramolecular Hbond substituents is 1. The highest BCUT2D eigenvalue weighted by Crippen LogP contribution is 2.28. The number of amides is 1. The van der Waals surface area contributed by atoms with Gasteiger partial charge in [0.15, 0.2) is 0 Å². The van der Waals surface area contributed by atoms with Crippen molar-refractivity contribution in [1.29, 1.82) is 0 Å². The molecule has 2 rings (SSSR count). The highest BCUT2D eigenvalue weighted by Gasteiger charge is 2.16. The van der Waals surface area contributed by atoms with E-state index in [2.05, 4.69) is 10.6 Å². The summed E-state index contributed by atoms with van der Waals surface area (Å²) in [6.07, 6.45) is -0.770. The summed E-state index contributed by atoms with van der Waals surface area (Å²) in [6, 6.07) is 11.4. The van der Waals surface area contributed by atoms with Crippen LogP contribution in [0.15, 0.2) is 42.5 Å². The maximum Gasteiger partial charge on any atom is 0.255 e. The number of hydrogen-bond acceptors (Lipinski definition) is 6. The highest BCUT2D eigenvalue weighted by atomic mass is 16.5. The van der Waals surface area contributed by atoms with Crippen LogP contribution in [0, 0.1) is 0 Å². The van der Waals surface area contributed by atoms with Crippen molar-refractivity contribution in [2.75, 3.05) is 31.7 Å². The van der Waals surface area contributed by atoms with Gasteiger partial charge in [0.25, 0.3) is 5.91 Å². The van der Waals surface area contributed by atoms with E-state index in [1.165, 1.54) is 6.07 Å². The molecule has 1 unspecified atom stereocenters. The Bertz CT molecular complexity index is 815. The summed E-state index contributed by atoms with van der Waals surface area (Å²) >= 11 is 0. The normalized spacial score (nSPS) is 12.4. The van der Waals surface area contributed by atoms with E-state index < -0.39 is 6.10 Å². The molecule has 0 fully saturated rings. The van der Waals surface area contributed by atoms with Crippen molar-refractivity contribution in [1.82, 2.24) is 5.32 Å². The lowest BCUT2D eigenvalue weighted by Gasteiger charge is -2.23. The minimum atomic E-state index is -0.770. The van der Waals surface area contributed by atoms with Gasteiger partial charge in [0.1, 0.15) is 18.1 Å². The number of nitrogens with one attached hydrogen (secondary N) is 2. The largest absolute Gasteiger partial charge is 0.506 e. The molecular formula is C23H32N2O5. The summed E-state index contributed by atoms with van der Waals surface area (Å²) in [6.45, 7) is 9.89. The molecule has 30 heavy (non-hydrogen) atoms. The Balaban J connectivity index is 2.00. The van der Waals surface area contributed by atoms with Crippen molar-refractivity contribution in [3.63, 3.8) is 0 Å². The summed E-state index contributed by atoms with van der Waals surface area (Å²) in [5.41, 5.74) is 1.13. The molecule has 0 saturated heterocycles. The van der Waals surface area contributed by atoms with E-state index in [1.807, 2.05) is 27.7 Å². The van der Waals surface area contributed by atoms with E-state index in [0.717, 1.165) is 0 Å². The molecule has 0 aromatic heterocycles. The Kier molecular flexibility index (Phi) is 8.65. The Hall–Kier alpha value is -2.61. The third-order valence-corrected chi connectivity index (χ3v) is 4.30. The molecule has 0 bridgehead atoms. The van der Waals surface area contributed by atoms with Crippen molar-refractivity contribution < 1.29 is 24.5 Å². The van der Waals surface area contributed by atoms with E-state index in [0.29, 0.717) is 43.2 Å². The Morgan fingerprint density at radius 3 is 2.43 bits per heavy atom. The number of ether oxygens (including phenoxy) is 2. The minimum Gasteiger partial charge on any atom is -0.506 e. The van der Waals surface area contributed by atoms with Crippen molar-refractivity contribution in [3.05, 3.63) is 53.6 Å². The lowest BCUT2D eigenvalue weighted by molar-refractivity contribution is 0.102. The topological polar surface area (TPSA) is 100 Å². The molecule has 0 radical (unpaired) electrons. The van der Waals surface area contributed by atoms with Crippen LogP contribution in [0.4, 0.5) is 5.69 Å². The minimum absolute atomic E-state index is 0.0704. The van der Waals surface area contributed by atoms with Crippen LogP contribution in [0.25, 0.3) is 0 Å². The third-order valence-electron chi connectivity index (χ3n) is 4.30. The lowest BCUT2D eigenvalue weighted by atomic mass is 10.0. The SMILES string of the molecule is CCOCCOc1ccc(C(=O)Nc2cc(C(O)CNC(C)(C)C)ccc2O)cc1. The van der Waals surface area contributed by atoms with Crippen LogP contribution in [-0.4, -0.2) is 48.0 Å². The number of phenols is 1. The van der Waals surface area contributed by atoms with Gasteiger partial charge in [0.2, 0.25) is 0 Å². The van der Waals surface area contributed by atoms with Crippen LogP contribution in [0.5, 0.6) is 11.5 Å². The summed E-state index contributed by atoms with van der Waals surface area (Å²) < 4.78 is 10.8. The first kappa shape index (κ1) is 23.7. The zero-order chi connectivity index (χ0) is 22.1. The van der Waals surface area contributed by atoms with Gasteiger partial charge in [-0.05, 0) is 69.7 Å². The van der Waals surface area contributed by atoms with Gasteiger partial charge in [0.05, 0.1) is 18.4 Å². The number of carbonyl (C=O) groups is 1. The third kappa shape index (κ3) is 7.67. The molecule has 0 spiro atoms. The van der Waals surface area contributed by atoms with E-state index >= 15 is 0 Å². The van der Waals surface area contributed by atoms with E-state index in [9.17, 15) is 15.0 Å². The quantitative estimate of drug-likeness (QED) is 0.350. The molecule has 1 atom stereocenters. The zero-order valence-corrected chi connectivity index (χ0v) is 18.1. The van der Waals surface area contributed by atoms with Crippen molar-refractivity contribution in [3.8, 4) is 11.5 Å². The van der Waals surface area contributed by atoms with E-state index in [4.69, 9.17) is 9.47 Å². The fraction of sp³-hybridized carbons (Fsp3) is 0.435. The molecule has 7 nitrogen and oxygen atoms in total. The summed E-state index contributed by atoms with van der Waals surface area (Å²) in [5, 5.41) is 26.4. The van der Waals surface area contributed by atoms with Gasteiger partial charge < -0.3 is 30.3 Å². The number of aliphatic hydroxyl groups is 1. The van der Waals surface area contributed by atoms with Crippen LogP contribution in [0.1, 0.15) is 49.7 Å². The zero-order valence-electron chi connectivity index (χ0n) is 18.1. The smallest absolute Gasteiger partial charge is 0.255 e. The van der Waals surface area contributed by atoms with Gasteiger partial charge >= 0.3 is 0 Å². The average Bonchev–Trinajstić information content (AvgIpc) is 2.71. The Labute approximate surface area is 178 Å². The molecule has 2 aromatic rings. The maximum atomic E-state index is 12.6. The molecule has 7 heteroatoms. The first-order chi connectivity index (χ1) is 14.2. The Morgan fingerprint density at radius 1 is 1.10 bits per heavy atom. The molecule has 0 saturated carbocycles. The van der Waals surface area contributed by atoms with Gasteiger partial charge in [-0.3, -0.25) is 4.79 Å². The number of hydrogen-bond donors (Lipinski definition) is 4. The van der Waals surface area contributed by atoms with E-state index in [1.54, 1.807) is 36.4 Å². The van der Waals surface area contributed by atoms with Crippen LogP contribution in [0.2, 0.25) is 0 Å². The molecule has 0 aliphatic rings. The van der Waals surface area contributed by atoms with E-state index in [-0.39, 0.29) is 22.9 Å². The number of aromatic hydroxyl groups is 1. The number of rotatable bonds is 10. The van der Waals surface area contributed by atoms with Gasteiger partial charge in [0, 0.05) is 24.3 Å². The fourth-order valence-corrected chi connectivity index (χ4v) is 2.64. The van der Waals surface area contributed by atoms with Crippen molar-refractivity contribution in [2.24, 2.45) is 0 Å². The van der Waals surface area contributed by atoms with Crippen LogP contribution >= 0.6 is 0 Å². The monoisotopic (exact) mass is 416 g/mol. The van der Waals surface area contributed by atoms with Crippen molar-refractivity contribution >= 4 is 11.6 Å². The Morgan fingerprint density at radius 2 is 1.80 bits per heavy atom. The second-order valence-electron chi connectivity index (χ2n) is 7.95. The summed E-state index contributed by atoms with van der Waals surface area (Å²) in [7, 11) is 0. The fourth-order valence-electron chi connectivity index (χ4n) is 2.64. The molecule has 0 heterocycles. The lowest BCUT2D eigenvalue weighted by Crippen LogP contribution is -2.38. The average molecular weight is 417 g/mol. The summed E-state index contributed by atoms with van der Waals surface area (Å²) in [4.78, 5) is 12.6. The first-order valence-electron chi connectivity index (χ1n) is 10.1. The molecule has 2 aromatic carbocycles. The maximum absolute atomic E-state index is 12.6. The van der Waals surface area contributed by atoms with Crippen molar-refractivity contribution in [2.45, 2.75) is 39.3 Å². The second kappa shape index (κ2) is 11.0. The second-order valence-corrected chi connectivity index (χ2v) is 7.95. The highest BCUT2D eigenvalue weighted by molar-refractivity contribution is 6.05. The molecular weight excluding hydrogens is 384 g/mol.